The third-order valence-electron chi connectivity index (χ3n) is 2.74. The first-order valence-corrected chi connectivity index (χ1v) is 5.15. The molecule has 1 amide bonds. The number of hydrogen-bond acceptors (Lipinski definition) is 2. The van der Waals surface area contributed by atoms with E-state index in [-0.39, 0.29) is 6.09 Å². The summed E-state index contributed by atoms with van der Waals surface area (Å²) in [5.74, 6) is 0. The maximum absolute atomic E-state index is 11.5. The van der Waals surface area contributed by atoms with Crippen LogP contribution in [0.3, 0.4) is 0 Å². The van der Waals surface area contributed by atoms with E-state index in [9.17, 15) is 4.79 Å². The number of nitrogens with zero attached hydrogens (tertiary/aromatic N) is 1. The summed E-state index contributed by atoms with van der Waals surface area (Å²) in [6, 6.07) is 0.748. The lowest BCUT2D eigenvalue weighted by Gasteiger charge is -2.26. The quantitative estimate of drug-likeness (QED) is 0.661. The normalized spacial score (nSPS) is 27.8. The van der Waals surface area contributed by atoms with Crippen molar-refractivity contribution in [3.05, 3.63) is 0 Å². The third-order valence-corrected chi connectivity index (χ3v) is 2.74. The Morgan fingerprint density at radius 2 is 2.15 bits per heavy atom. The Morgan fingerprint density at radius 3 is 2.69 bits per heavy atom. The minimum atomic E-state index is -0.139. The van der Waals surface area contributed by atoms with E-state index >= 15 is 0 Å². The van der Waals surface area contributed by atoms with E-state index < -0.39 is 0 Å². The van der Waals surface area contributed by atoms with Crippen LogP contribution in [0.15, 0.2) is 0 Å². The molecule has 1 heterocycles. The molecule has 0 N–H and O–H groups in total. The lowest BCUT2D eigenvalue weighted by molar-refractivity contribution is 0.0899. The third kappa shape index (κ3) is 2.14. The zero-order valence-electron chi connectivity index (χ0n) is 8.75. The first-order chi connectivity index (χ1) is 6.20. The zero-order valence-corrected chi connectivity index (χ0v) is 8.75. The predicted octanol–water partition coefficient (Wildman–Crippen LogP) is 2.41. The van der Waals surface area contributed by atoms with Gasteiger partial charge in [0.15, 0.2) is 0 Å². The first-order valence-electron chi connectivity index (χ1n) is 5.15. The Hall–Kier alpha value is -0.730. The van der Waals surface area contributed by atoms with Crippen molar-refractivity contribution < 1.29 is 9.53 Å². The van der Waals surface area contributed by atoms with E-state index in [1.165, 1.54) is 0 Å². The van der Waals surface area contributed by atoms with Crippen LogP contribution in [0.2, 0.25) is 0 Å². The summed E-state index contributed by atoms with van der Waals surface area (Å²) in [6.45, 7) is 6.53. The van der Waals surface area contributed by atoms with Crippen LogP contribution >= 0.6 is 0 Å². The molecule has 0 radical (unpaired) electrons. The van der Waals surface area contributed by atoms with Crippen LogP contribution in [0.1, 0.15) is 40.0 Å². The van der Waals surface area contributed by atoms with Gasteiger partial charge in [-0.15, -0.1) is 0 Å². The molecule has 0 aromatic carbocycles. The van der Waals surface area contributed by atoms with Gasteiger partial charge in [0.1, 0.15) is 0 Å². The van der Waals surface area contributed by atoms with Crippen LogP contribution in [0.5, 0.6) is 0 Å². The summed E-state index contributed by atoms with van der Waals surface area (Å²) in [6.07, 6.45) is 3.12. The van der Waals surface area contributed by atoms with Gasteiger partial charge in [0, 0.05) is 12.1 Å². The van der Waals surface area contributed by atoms with Crippen molar-refractivity contribution >= 4 is 6.09 Å². The average molecular weight is 185 g/mol. The summed E-state index contributed by atoms with van der Waals surface area (Å²) in [5, 5.41) is 0. The van der Waals surface area contributed by atoms with Gasteiger partial charge in [-0.05, 0) is 33.1 Å². The molecule has 0 spiro atoms. The summed E-state index contributed by atoms with van der Waals surface area (Å²) >= 11 is 0. The molecule has 3 heteroatoms. The summed E-state index contributed by atoms with van der Waals surface area (Å²) in [5.41, 5.74) is 0. The standard InChI is InChI=1S/C10H19NO2/c1-4-9-7-6-8(3)11(9)10(12)13-5-2/h8-9H,4-7H2,1-3H3. The van der Waals surface area contributed by atoms with Crippen molar-refractivity contribution in [2.24, 2.45) is 0 Å². The van der Waals surface area contributed by atoms with Gasteiger partial charge in [0.25, 0.3) is 0 Å². The van der Waals surface area contributed by atoms with Crippen molar-refractivity contribution in [1.82, 2.24) is 4.90 Å². The highest BCUT2D eigenvalue weighted by atomic mass is 16.6. The average Bonchev–Trinajstić information content (AvgIpc) is 2.47. The number of carbonyl (C=O) groups is 1. The molecule has 1 fully saturated rings. The van der Waals surface area contributed by atoms with Crippen LogP contribution in [-0.2, 0) is 4.74 Å². The molecule has 1 saturated heterocycles. The molecule has 2 atom stereocenters. The van der Waals surface area contributed by atoms with E-state index in [1.807, 2.05) is 11.8 Å². The van der Waals surface area contributed by atoms with Crippen molar-refractivity contribution in [3.8, 4) is 0 Å². The second-order valence-electron chi connectivity index (χ2n) is 3.59. The Kier molecular flexibility index (Phi) is 3.58. The SMILES string of the molecule is CCOC(=O)N1C(C)CCC1CC. The number of ether oxygens (including phenoxy) is 1. The van der Waals surface area contributed by atoms with Crippen molar-refractivity contribution in [2.45, 2.75) is 52.1 Å². The van der Waals surface area contributed by atoms with Gasteiger partial charge in [-0.25, -0.2) is 4.79 Å². The zero-order chi connectivity index (χ0) is 9.84. The Morgan fingerprint density at radius 1 is 1.46 bits per heavy atom. The van der Waals surface area contributed by atoms with E-state index in [0.717, 1.165) is 19.3 Å². The van der Waals surface area contributed by atoms with Gasteiger partial charge >= 0.3 is 6.09 Å². The number of amides is 1. The number of likely N-dealkylation sites (tertiary alicyclic amines) is 1. The Balaban J connectivity index is 2.58. The number of carbonyl (C=O) groups excluding carboxylic acids is 1. The lowest BCUT2D eigenvalue weighted by Crippen LogP contribution is -2.40. The second kappa shape index (κ2) is 4.49. The summed E-state index contributed by atoms with van der Waals surface area (Å²) in [4.78, 5) is 13.4. The molecular formula is C10H19NO2. The maximum Gasteiger partial charge on any atom is 0.410 e. The van der Waals surface area contributed by atoms with Gasteiger partial charge in [0.2, 0.25) is 0 Å². The van der Waals surface area contributed by atoms with Crippen LogP contribution in [0.4, 0.5) is 4.79 Å². The lowest BCUT2D eigenvalue weighted by atomic mass is 10.2. The summed E-state index contributed by atoms with van der Waals surface area (Å²) < 4.78 is 5.02. The second-order valence-corrected chi connectivity index (χ2v) is 3.59. The fourth-order valence-electron chi connectivity index (χ4n) is 2.00. The molecule has 2 unspecified atom stereocenters. The predicted molar refractivity (Wildman–Crippen MR) is 51.6 cm³/mol. The van der Waals surface area contributed by atoms with Crippen LogP contribution in [0, 0.1) is 0 Å². The van der Waals surface area contributed by atoms with Gasteiger partial charge in [0.05, 0.1) is 6.61 Å². The minimum Gasteiger partial charge on any atom is -0.450 e. The minimum absolute atomic E-state index is 0.139. The molecule has 0 aliphatic carbocycles. The first kappa shape index (κ1) is 10.4. The Labute approximate surface area is 80.1 Å². The molecular weight excluding hydrogens is 166 g/mol. The largest absolute Gasteiger partial charge is 0.450 e. The smallest absolute Gasteiger partial charge is 0.410 e. The molecule has 13 heavy (non-hydrogen) atoms. The van der Waals surface area contributed by atoms with E-state index in [1.54, 1.807) is 0 Å². The molecule has 0 saturated carbocycles. The molecule has 0 aromatic heterocycles. The summed E-state index contributed by atoms with van der Waals surface area (Å²) in [7, 11) is 0. The van der Waals surface area contributed by atoms with Crippen molar-refractivity contribution in [2.75, 3.05) is 6.61 Å². The molecule has 76 valence electrons. The van der Waals surface area contributed by atoms with E-state index in [2.05, 4.69) is 13.8 Å². The molecule has 0 bridgehead atoms. The highest BCUT2D eigenvalue weighted by Gasteiger charge is 2.33. The van der Waals surface area contributed by atoms with E-state index in [0.29, 0.717) is 18.7 Å². The fraction of sp³-hybridized carbons (Fsp3) is 0.900. The molecule has 1 aliphatic heterocycles. The van der Waals surface area contributed by atoms with Crippen LogP contribution in [0.25, 0.3) is 0 Å². The Bertz CT molecular complexity index is 182. The van der Waals surface area contributed by atoms with Crippen molar-refractivity contribution in [3.63, 3.8) is 0 Å². The van der Waals surface area contributed by atoms with Gasteiger partial charge < -0.3 is 9.64 Å². The number of hydrogen-bond donors (Lipinski definition) is 0. The molecule has 3 nitrogen and oxygen atoms in total. The highest BCUT2D eigenvalue weighted by molar-refractivity contribution is 5.68. The highest BCUT2D eigenvalue weighted by Crippen LogP contribution is 2.26. The van der Waals surface area contributed by atoms with Gasteiger partial charge in [-0.2, -0.15) is 0 Å². The monoisotopic (exact) mass is 185 g/mol. The maximum atomic E-state index is 11.5. The van der Waals surface area contributed by atoms with Gasteiger partial charge in [-0.1, -0.05) is 6.92 Å². The van der Waals surface area contributed by atoms with E-state index in [4.69, 9.17) is 4.74 Å². The number of rotatable bonds is 2. The molecule has 1 aliphatic rings. The molecule has 0 aromatic rings. The fourth-order valence-corrected chi connectivity index (χ4v) is 2.00. The van der Waals surface area contributed by atoms with Crippen LogP contribution in [-0.4, -0.2) is 29.7 Å². The van der Waals surface area contributed by atoms with Gasteiger partial charge in [-0.3, -0.25) is 0 Å². The van der Waals surface area contributed by atoms with Crippen LogP contribution < -0.4 is 0 Å². The molecule has 1 rings (SSSR count). The van der Waals surface area contributed by atoms with Crippen molar-refractivity contribution in [1.29, 1.82) is 0 Å². The topological polar surface area (TPSA) is 29.5 Å².